The zero-order valence-electron chi connectivity index (χ0n) is 12.1. The molecule has 1 aliphatic heterocycles. The number of rotatable bonds is 7. The SMILES string of the molecule is CC(C)C1=C(NCCCCN(C)C)COCC1=S. The molecule has 0 radical (unpaired) electrons. The Balaban J connectivity index is 2.42. The molecular formula is C14H26N2OS. The van der Waals surface area contributed by atoms with Gasteiger partial charge in [-0.3, -0.25) is 0 Å². The van der Waals surface area contributed by atoms with Gasteiger partial charge in [-0.2, -0.15) is 0 Å². The summed E-state index contributed by atoms with van der Waals surface area (Å²) in [5.74, 6) is 0.477. The highest BCUT2D eigenvalue weighted by molar-refractivity contribution is 7.81. The van der Waals surface area contributed by atoms with Crippen molar-refractivity contribution < 1.29 is 4.74 Å². The molecule has 0 aliphatic carbocycles. The standard InChI is InChI=1S/C14H26N2OS/c1-11(2)14-12(9-17-10-13(14)18)15-7-5-6-8-16(3)4/h11,15H,5-10H2,1-4H3. The van der Waals surface area contributed by atoms with E-state index in [2.05, 4.69) is 38.2 Å². The molecule has 0 aromatic rings. The van der Waals surface area contributed by atoms with Crippen LogP contribution in [0.15, 0.2) is 11.3 Å². The lowest BCUT2D eigenvalue weighted by atomic mass is 9.96. The molecule has 18 heavy (non-hydrogen) atoms. The largest absolute Gasteiger partial charge is 0.386 e. The van der Waals surface area contributed by atoms with Crippen LogP contribution in [0.2, 0.25) is 0 Å². The van der Waals surface area contributed by atoms with Crippen LogP contribution in [0.5, 0.6) is 0 Å². The van der Waals surface area contributed by atoms with Crippen LogP contribution in [0.1, 0.15) is 26.7 Å². The fraction of sp³-hybridized carbons (Fsp3) is 0.786. The predicted octanol–water partition coefficient (Wildman–Crippen LogP) is 2.23. The van der Waals surface area contributed by atoms with Gasteiger partial charge in [0.1, 0.15) is 0 Å². The minimum atomic E-state index is 0.477. The van der Waals surface area contributed by atoms with Crippen LogP contribution >= 0.6 is 12.2 Å². The Kier molecular flexibility index (Phi) is 6.82. The second-order valence-electron chi connectivity index (χ2n) is 5.40. The first-order valence-corrected chi connectivity index (χ1v) is 7.15. The molecular weight excluding hydrogens is 244 g/mol. The maximum Gasteiger partial charge on any atom is 0.0870 e. The molecule has 4 heteroatoms. The van der Waals surface area contributed by atoms with Gasteiger partial charge in [0.2, 0.25) is 0 Å². The van der Waals surface area contributed by atoms with Gasteiger partial charge >= 0.3 is 0 Å². The molecule has 0 unspecified atom stereocenters. The first-order valence-electron chi connectivity index (χ1n) is 6.75. The minimum Gasteiger partial charge on any atom is -0.386 e. The van der Waals surface area contributed by atoms with Gasteiger partial charge in [-0.15, -0.1) is 0 Å². The van der Waals surface area contributed by atoms with Gasteiger partial charge < -0.3 is 15.0 Å². The molecule has 0 bridgehead atoms. The van der Waals surface area contributed by atoms with Crippen molar-refractivity contribution in [3.05, 3.63) is 11.3 Å². The molecule has 3 nitrogen and oxygen atoms in total. The summed E-state index contributed by atoms with van der Waals surface area (Å²) in [5, 5.41) is 3.51. The summed E-state index contributed by atoms with van der Waals surface area (Å²) in [6.07, 6.45) is 2.40. The molecule has 0 amide bonds. The lowest BCUT2D eigenvalue weighted by Gasteiger charge is -2.25. The average Bonchev–Trinajstić information content (AvgIpc) is 2.27. The van der Waals surface area contributed by atoms with E-state index in [1.165, 1.54) is 24.1 Å². The van der Waals surface area contributed by atoms with Crippen LogP contribution in [-0.4, -0.2) is 50.2 Å². The maximum atomic E-state index is 5.50. The first-order chi connectivity index (χ1) is 8.52. The summed E-state index contributed by atoms with van der Waals surface area (Å²) in [6, 6.07) is 0. The van der Waals surface area contributed by atoms with Crippen molar-refractivity contribution >= 4 is 17.1 Å². The number of nitrogens with zero attached hydrogens (tertiary/aromatic N) is 1. The molecule has 1 rings (SSSR count). The number of hydrogen-bond donors (Lipinski definition) is 1. The van der Waals surface area contributed by atoms with Gasteiger partial charge in [-0.1, -0.05) is 26.1 Å². The molecule has 0 aromatic heterocycles. The molecule has 0 aromatic carbocycles. The minimum absolute atomic E-state index is 0.477. The molecule has 0 fully saturated rings. The summed E-state index contributed by atoms with van der Waals surface area (Å²) >= 11 is 5.39. The van der Waals surface area contributed by atoms with E-state index in [0.717, 1.165) is 18.0 Å². The van der Waals surface area contributed by atoms with E-state index >= 15 is 0 Å². The summed E-state index contributed by atoms with van der Waals surface area (Å²) < 4.78 is 5.50. The number of hydrogen-bond acceptors (Lipinski definition) is 4. The monoisotopic (exact) mass is 270 g/mol. The Morgan fingerprint density at radius 3 is 2.61 bits per heavy atom. The Morgan fingerprint density at radius 2 is 2.00 bits per heavy atom. The van der Waals surface area contributed by atoms with Crippen molar-refractivity contribution in [3.63, 3.8) is 0 Å². The lowest BCUT2D eigenvalue weighted by molar-refractivity contribution is 0.185. The van der Waals surface area contributed by atoms with Gasteiger partial charge in [0.15, 0.2) is 0 Å². The zero-order chi connectivity index (χ0) is 13.5. The normalized spacial score (nSPS) is 16.9. The van der Waals surface area contributed by atoms with E-state index in [1.54, 1.807) is 0 Å². The molecule has 0 atom stereocenters. The van der Waals surface area contributed by atoms with Gasteiger partial charge in [0.05, 0.1) is 13.2 Å². The molecule has 0 saturated heterocycles. The smallest absolute Gasteiger partial charge is 0.0870 e. The van der Waals surface area contributed by atoms with Crippen molar-refractivity contribution in [3.8, 4) is 0 Å². The van der Waals surface area contributed by atoms with Crippen molar-refractivity contribution in [2.75, 3.05) is 40.4 Å². The second-order valence-corrected chi connectivity index (χ2v) is 5.89. The molecule has 1 heterocycles. The number of nitrogens with one attached hydrogen (secondary N) is 1. The fourth-order valence-electron chi connectivity index (χ4n) is 2.18. The third kappa shape index (κ3) is 5.04. The zero-order valence-corrected chi connectivity index (χ0v) is 12.9. The van der Waals surface area contributed by atoms with Crippen LogP contribution in [0.4, 0.5) is 0 Å². The molecule has 1 aliphatic rings. The van der Waals surface area contributed by atoms with Gasteiger partial charge in [-0.05, 0) is 45.0 Å². The van der Waals surface area contributed by atoms with E-state index in [9.17, 15) is 0 Å². The summed E-state index contributed by atoms with van der Waals surface area (Å²) in [5.41, 5.74) is 2.50. The van der Waals surface area contributed by atoms with Crippen molar-refractivity contribution in [1.82, 2.24) is 10.2 Å². The maximum absolute atomic E-state index is 5.50. The second kappa shape index (κ2) is 7.87. The average molecular weight is 270 g/mol. The van der Waals surface area contributed by atoms with Crippen LogP contribution in [0.3, 0.4) is 0 Å². The Labute approximate surface area is 117 Å². The molecule has 1 N–H and O–H groups in total. The number of unbranched alkanes of at least 4 members (excludes halogenated alkanes) is 1. The van der Waals surface area contributed by atoms with E-state index in [-0.39, 0.29) is 0 Å². The quantitative estimate of drug-likeness (QED) is 0.566. The topological polar surface area (TPSA) is 24.5 Å². The third-order valence-electron chi connectivity index (χ3n) is 3.05. The fourth-order valence-corrected chi connectivity index (χ4v) is 2.62. The van der Waals surface area contributed by atoms with Gasteiger partial charge in [-0.25, -0.2) is 0 Å². The first kappa shape index (κ1) is 15.6. The molecule has 0 saturated carbocycles. The molecule has 104 valence electrons. The van der Waals surface area contributed by atoms with Crippen molar-refractivity contribution in [2.24, 2.45) is 5.92 Å². The summed E-state index contributed by atoms with van der Waals surface area (Å²) in [4.78, 5) is 3.18. The van der Waals surface area contributed by atoms with Gasteiger partial charge in [0, 0.05) is 17.1 Å². The Bertz CT molecular complexity index is 311. The molecule has 0 spiro atoms. The highest BCUT2D eigenvalue weighted by Crippen LogP contribution is 2.20. The van der Waals surface area contributed by atoms with Crippen LogP contribution in [0, 0.1) is 5.92 Å². The van der Waals surface area contributed by atoms with E-state index in [1.807, 2.05) is 0 Å². The van der Waals surface area contributed by atoms with E-state index in [4.69, 9.17) is 17.0 Å². The predicted molar refractivity (Wildman–Crippen MR) is 81.1 cm³/mol. The van der Waals surface area contributed by atoms with Crippen LogP contribution in [0.25, 0.3) is 0 Å². The number of thiocarbonyl (C=S) groups is 1. The summed E-state index contributed by atoms with van der Waals surface area (Å²) in [6.45, 7) is 7.83. The summed E-state index contributed by atoms with van der Waals surface area (Å²) in [7, 11) is 4.22. The van der Waals surface area contributed by atoms with E-state index in [0.29, 0.717) is 19.1 Å². The Hall–Kier alpha value is -0.450. The van der Waals surface area contributed by atoms with Crippen LogP contribution in [-0.2, 0) is 4.74 Å². The van der Waals surface area contributed by atoms with Gasteiger partial charge in [0.25, 0.3) is 0 Å². The highest BCUT2D eigenvalue weighted by Gasteiger charge is 2.20. The third-order valence-corrected chi connectivity index (χ3v) is 3.39. The Morgan fingerprint density at radius 1 is 1.28 bits per heavy atom. The van der Waals surface area contributed by atoms with Crippen LogP contribution < -0.4 is 5.32 Å². The highest BCUT2D eigenvalue weighted by atomic mass is 32.1. The lowest BCUT2D eigenvalue weighted by Crippen LogP contribution is -2.31. The number of ether oxygens (including phenoxy) is 1. The van der Waals surface area contributed by atoms with Crippen molar-refractivity contribution in [1.29, 1.82) is 0 Å². The van der Waals surface area contributed by atoms with E-state index < -0.39 is 0 Å². The van der Waals surface area contributed by atoms with Crippen molar-refractivity contribution in [2.45, 2.75) is 26.7 Å².